The number of hydrogen-bond donors (Lipinski definition) is 2. The number of likely N-dealkylation sites (N-methyl/N-ethyl adjacent to an activating group) is 1. The van der Waals surface area contributed by atoms with Crippen LogP contribution in [0.15, 0.2) is 0 Å². The number of rotatable bonds is 9. The highest BCUT2D eigenvalue weighted by atomic mass is 16.4. The van der Waals surface area contributed by atoms with Crippen LogP contribution in [0.3, 0.4) is 0 Å². The van der Waals surface area contributed by atoms with Gasteiger partial charge in [0.2, 0.25) is 0 Å². The van der Waals surface area contributed by atoms with E-state index in [-0.39, 0.29) is 0 Å². The molecule has 1 aliphatic heterocycles. The highest BCUT2D eigenvalue weighted by molar-refractivity contribution is 5.78. The summed E-state index contributed by atoms with van der Waals surface area (Å²) in [6.45, 7) is 13.5. The molecule has 0 saturated carbocycles. The van der Waals surface area contributed by atoms with Gasteiger partial charge in [0.1, 0.15) is 5.54 Å². The molecule has 0 bridgehead atoms. The summed E-state index contributed by atoms with van der Waals surface area (Å²) >= 11 is 0. The van der Waals surface area contributed by atoms with Gasteiger partial charge < -0.3 is 20.2 Å². The van der Waals surface area contributed by atoms with E-state index in [1.807, 2.05) is 0 Å². The number of carboxylic acids is 1. The average molecular weight is 285 g/mol. The molecule has 0 aromatic rings. The summed E-state index contributed by atoms with van der Waals surface area (Å²) in [5, 5.41) is 12.6. The van der Waals surface area contributed by atoms with Crippen molar-refractivity contribution in [2.75, 3.05) is 45.8 Å². The third kappa shape index (κ3) is 5.38. The maximum absolute atomic E-state index is 11.4. The molecule has 1 rings (SSSR count). The van der Waals surface area contributed by atoms with Crippen molar-refractivity contribution in [1.29, 1.82) is 0 Å². The Bertz CT molecular complexity index is 291. The fourth-order valence-corrected chi connectivity index (χ4v) is 2.66. The summed E-state index contributed by atoms with van der Waals surface area (Å²) in [6.07, 6.45) is 2.59. The van der Waals surface area contributed by atoms with E-state index in [0.717, 1.165) is 58.7 Å². The number of carboxylic acid groups (broad SMARTS) is 1. The third-order valence-corrected chi connectivity index (χ3v) is 4.30. The van der Waals surface area contributed by atoms with Gasteiger partial charge in [0.05, 0.1) is 0 Å². The minimum atomic E-state index is -0.777. The number of piperazine rings is 1. The van der Waals surface area contributed by atoms with Crippen LogP contribution in [0.2, 0.25) is 0 Å². The van der Waals surface area contributed by atoms with Gasteiger partial charge in [0, 0.05) is 26.2 Å². The van der Waals surface area contributed by atoms with Crippen LogP contribution >= 0.6 is 0 Å². The summed E-state index contributed by atoms with van der Waals surface area (Å²) < 4.78 is 0. The van der Waals surface area contributed by atoms with Crippen molar-refractivity contribution >= 4 is 5.97 Å². The minimum Gasteiger partial charge on any atom is -0.480 e. The average Bonchev–Trinajstić information content (AvgIpc) is 2.45. The summed E-state index contributed by atoms with van der Waals surface area (Å²) in [5.74, 6) is -0.734. The monoisotopic (exact) mass is 285 g/mol. The lowest BCUT2D eigenvalue weighted by Crippen LogP contribution is -2.50. The van der Waals surface area contributed by atoms with Crippen molar-refractivity contribution in [3.05, 3.63) is 0 Å². The summed E-state index contributed by atoms with van der Waals surface area (Å²) in [6, 6.07) is 0. The van der Waals surface area contributed by atoms with Crippen LogP contribution in [0, 0.1) is 0 Å². The van der Waals surface area contributed by atoms with Gasteiger partial charge in [0.25, 0.3) is 0 Å². The van der Waals surface area contributed by atoms with Crippen LogP contribution in [0.25, 0.3) is 0 Å². The normalized spacial score (nSPS) is 20.8. The molecule has 0 aromatic carbocycles. The van der Waals surface area contributed by atoms with Crippen molar-refractivity contribution in [3.63, 3.8) is 0 Å². The number of nitrogens with one attached hydrogen (secondary N) is 1. The molecule has 0 radical (unpaired) electrons. The Morgan fingerprint density at radius 1 is 1.20 bits per heavy atom. The maximum Gasteiger partial charge on any atom is 0.323 e. The molecule has 0 amide bonds. The topological polar surface area (TPSA) is 55.8 Å². The van der Waals surface area contributed by atoms with Crippen molar-refractivity contribution in [2.24, 2.45) is 0 Å². The Kier molecular flexibility index (Phi) is 7.48. The molecular weight excluding hydrogens is 254 g/mol. The number of aliphatic carboxylic acids is 1. The van der Waals surface area contributed by atoms with Crippen LogP contribution in [-0.4, -0.2) is 72.2 Å². The number of carbonyl (C=O) groups is 1. The van der Waals surface area contributed by atoms with Crippen LogP contribution in [0.1, 0.15) is 40.0 Å². The van der Waals surface area contributed by atoms with Gasteiger partial charge in [-0.2, -0.15) is 0 Å². The third-order valence-electron chi connectivity index (χ3n) is 4.30. The molecule has 0 aromatic heterocycles. The first-order valence-corrected chi connectivity index (χ1v) is 7.95. The summed E-state index contributed by atoms with van der Waals surface area (Å²) in [5.41, 5.74) is -0.777. The van der Waals surface area contributed by atoms with Gasteiger partial charge >= 0.3 is 5.97 Å². The smallest absolute Gasteiger partial charge is 0.323 e. The zero-order valence-corrected chi connectivity index (χ0v) is 13.3. The Labute approximate surface area is 123 Å². The predicted octanol–water partition coefficient (Wildman–Crippen LogP) is 1.25. The largest absolute Gasteiger partial charge is 0.480 e. The van der Waals surface area contributed by atoms with E-state index < -0.39 is 11.5 Å². The Balaban J connectivity index is 2.29. The minimum absolute atomic E-state index is 0.691. The molecule has 20 heavy (non-hydrogen) atoms. The fraction of sp³-hybridized carbons (Fsp3) is 0.933. The molecule has 1 atom stereocenters. The molecule has 1 unspecified atom stereocenters. The molecule has 2 N–H and O–H groups in total. The molecule has 5 nitrogen and oxygen atoms in total. The molecular formula is C15H31N3O2. The lowest BCUT2D eigenvalue weighted by atomic mass is 9.95. The molecule has 5 heteroatoms. The first-order chi connectivity index (χ1) is 9.51. The lowest BCUT2D eigenvalue weighted by Gasteiger charge is -2.34. The standard InChI is InChI=1S/C15H31N3O2/c1-4-8-16-15(3,14(19)20)7-6-9-18-12-10-17(5-2)11-13-18/h16H,4-13H2,1-3H3,(H,19,20). The van der Waals surface area contributed by atoms with E-state index in [9.17, 15) is 9.90 Å². The van der Waals surface area contributed by atoms with Gasteiger partial charge in [-0.1, -0.05) is 13.8 Å². The number of hydrogen-bond acceptors (Lipinski definition) is 4. The first kappa shape index (κ1) is 17.4. The van der Waals surface area contributed by atoms with Gasteiger partial charge in [-0.3, -0.25) is 4.79 Å². The van der Waals surface area contributed by atoms with E-state index in [4.69, 9.17) is 0 Å². The van der Waals surface area contributed by atoms with E-state index in [1.54, 1.807) is 6.92 Å². The predicted molar refractivity (Wildman–Crippen MR) is 82.1 cm³/mol. The van der Waals surface area contributed by atoms with E-state index in [2.05, 4.69) is 29.0 Å². The highest BCUT2D eigenvalue weighted by Gasteiger charge is 2.31. The molecule has 1 aliphatic rings. The summed E-state index contributed by atoms with van der Waals surface area (Å²) in [4.78, 5) is 16.3. The van der Waals surface area contributed by atoms with Gasteiger partial charge in [0.15, 0.2) is 0 Å². The van der Waals surface area contributed by atoms with Crippen LogP contribution < -0.4 is 5.32 Å². The first-order valence-electron chi connectivity index (χ1n) is 7.95. The van der Waals surface area contributed by atoms with E-state index >= 15 is 0 Å². The molecule has 1 fully saturated rings. The van der Waals surface area contributed by atoms with Gasteiger partial charge in [-0.15, -0.1) is 0 Å². The van der Waals surface area contributed by atoms with Crippen molar-refractivity contribution in [2.45, 2.75) is 45.6 Å². The Morgan fingerprint density at radius 2 is 1.80 bits per heavy atom. The SMILES string of the molecule is CCCNC(C)(CCCN1CCN(CC)CC1)C(=O)O. The number of nitrogens with zero attached hydrogens (tertiary/aromatic N) is 2. The molecule has 1 heterocycles. The zero-order valence-electron chi connectivity index (χ0n) is 13.3. The van der Waals surface area contributed by atoms with Gasteiger partial charge in [-0.05, 0) is 45.8 Å². The fourth-order valence-electron chi connectivity index (χ4n) is 2.66. The second-order valence-corrected chi connectivity index (χ2v) is 5.94. The second kappa shape index (κ2) is 8.60. The second-order valence-electron chi connectivity index (χ2n) is 5.94. The molecule has 0 aliphatic carbocycles. The highest BCUT2D eigenvalue weighted by Crippen LogP contribution is 2.14. The Morgan fingerprint density at radius 3 is 2.30 bits per heavy atom. The quantitative estimate of drug-likeness (QED) is 0.668. The molecule has 118 valence electrons. The van der Waals surface area contributed by atoms with Crippen LogP contribution in [0.4, 0.5) is 0 Å². The van der Waals surface area contributed by atoms with E-state index in [1.165, 1.54) is 0 Å². The molecule has 1 saturated heterocycles. The van der Waals surface area contributed by atoms with Crippen LogP contribution in [-0.2, 0) is 4.79 Å². The Hall–Kier alpha value is -0.650. The maximum atomic E-state index is 11.4. The van der Waals surface area contributed by atoms with Crippen LogP contribution in [0.5, 0.6) is 0 Å². The lowest BCUT2D eigenvalue weighted by molar-refractivity contribution is -0.144. The van der Waals surface area contributed by atoms with Crippen molar-refractivity contribution < 1.29 is 9.90 Å². The molecule has 0 spiro atoms. The van der Waals surface area contributed by atoms with Gasteiger partial charge in [-0.25, -0.2) is 0 Å². The van der Waals surface area contributed by atoms with Crippen molar-refractivity contribution in [1.82, 2.24) is 15.1 Å². The van der Waals surface area contributed by atoms with E-state index in [0.29, 0.717) is 6.42 Å². The summed E-state index contributed by atoms with van der Waals surface area (Å²) in [7, 11) is 0. The van der Waals surface area contributed by atoms with Crippen molar-refractivity contribution in [3.8, 4) is 0 Å². The zero-order chi connectivity index (χ0) is 15.0.